The van der Waals surface area contributed by atoms with Gasteiger partial charge in [-0.15, -0.1) is 0 Å². The number of carbonyl (C=O) groups excluding carboxylic acids is 1. The van der Waals surface area contributed by atoms with Crippen molar-refractivity contribution < 1.29 is 4.79 Å². The van der Waals surface area contributed by atoms with E-state index in [2.05, 4.69) is 39.4 Å². The van der Waals surface area contributed by atoms with Gasteiger partial charge >= 0.3 is 0 Å². The lowest BCUT2D eigenvalue weighted by atomic mass is 10.0. The van der Waals surface area contributed by atoms with E-state index in [0.29, 0.717) is 0 Å². The summed E-state index contributed by atoms with van der Waals surface area (Å²) < 4.78 is 0.863. The first-order chi connectivity index (χ1) is 10.7. The van der Waals surface area contributed by atoms with E-state index >= 15 is 0 Å². The monoisotopic (exact) mass is 351 g/mol. The molecule has 1 amide bonds. The lowest BCUT2D eigenvalue weighted by Gasteiger charge is -2.04. The molecule has 0 spiro atoms. The molecule has 1 N–H and O–H groups in total. The Hall–Kier alpha value is -2.39. The van der Waals surface area contributed by atoms with Gasteiger partial charge in [-0.1, -0.05) is 54.6 Å². The molecule has 3 rings (SSSR count). The van der Waals surface area contributed by atoms with E-state index in [1.54, 1.807) is 6.08 Å². The summed E-state index contributed by atoms with van der Waals surface area (Å²) in [5, 5.41) is 5.15. The number of carbonyl (C=O) groups is 1. The molecule has 0 aliphatic carbocycles. The summed E-state index contributed by atoms with van der Waals surface area (Å²) in [5.74, 6) is -0.153. The first-order valence-electron chi connectivity index (χ1n) is 6.95. The topological polar surface area (TPSA) is 29.1 Å². The van der Waals surface area contributed by atoms with Crippen LogP contribution < -0.4 is 5.32 Å². The maximum Gasteiger partial charge on any atom is 0.248 e. The summed E-state index contributed by atoms with van der Waals surface area (Å²) in [7, 11) is 0. The highest BCUT2D eigenvalue weighted by molar-refractivity contribution is 9.10. The molecule has 108 valence electrons. The molecule has 0 radical (unpaired) electrons. The highest BCUT2D eigenvalue weighted by Gasteiger charge is 2.02. The number of anilines is 1. The molecule has 3 aromatic rings. The van der Waals surface area contributed by atoms with Crippen molar-refractivity contribution in [2.45, 2.75) is 0 Å². The van der Waals surface area contributed by atoms with Crippen molar-refractivity contribution in [1.82, 2.24) is 0 Å². The molecule has 0 aliphatic heterocycles. The molecule has 22 heavy (non-hydrogen) atoms. The molecule has 0 bridgehead atoms. The number of hydrogen-bond acceptors (Lipinski definition) is 1. The maximum absolute atomic E-state index is 12.1. The number of fused-ring (bicyclic) bond motifs is 1. The normalized spacial score (nSPS) is 11.0. The zero-order chi connectivity index (χ0) is 15.4. The van der Waals surface area contributed by atoms with E-state index in [0.717, 1.165) is 26.5 Å². The molecule has 0 fully saturated rings. The Labute approximate surface area is 137 Å². The zero-order valence-corrected chi connectivity index (χ0v) is 13.4. The van der Waals surface area contributed by atoms with Crippen LogP contribution in [0.15, 0.2) is 77.3 Å². The Kier molecular flexibility index (Phi) is 4.35. The molecule has 3 heteroatoms. The number of benzene rings is 3. The van der Waals surface area contributed by atoms with E-state index in [1.165, 1.54) is 0 Å². The predicted molar refractivity (Wildman–Crippen MR) is 95.8 cm³/mol. The second-order valence-corrected chi connectivity index (χ2v) is 5.73. The van der Waals surface area contributed by atoms with Gasteiger partial charge in [-0.25, -0.2) is 0 Å². The highest BCUT2D eigenvalue weighted by atomic mass is 79.9. The van der Waals surface area contributed by atoms with Crippen molar-refractivity contribution in [1.29, 1.82) is 0 Å². The Balaban J connectivity index is 1.81. The van der Waals surface area contributed by atoms with E-state index in [1.807, 2.05) is 54.6 Å². The highest BCUT2D eigenvalue weighted by Crippen LogP contribution is 2.22. The molecular weight excluding hydrogens is 338 g/mol. The lowest BCUT2D eigenvalue weighted by molar-refractivity contribution is -0.111. The molecule has 0 unspecified atom stereocenters. The molecule has 0 atom stereocenters. The Morgan fingerprint density at radius 1 is 0.909 bits per heavy atom. The minimum Gasteiger partial charge on any atom is -0.321 e. The average Bonchev–Trinajstić information content (AvgIpc) is 2.55. The summed E-state index contributed by atoms with van der Waals surface area (Å²) in [6, 6.07) is 21.7. The number of rotatable bonds is 3. The van der Waals surface area contributed by atoms with Crippen LogP contribution >= 0.6 is 15.9 Å². The lowest BCUT2D eigenvalue weighted by Crippen LogP contribution is -2.08. The number of nitrogens with one attached hydrogen (secondary N) is 1. The largest absolute Gasteiger partial charge is 0.321 e. The molecule has 0 heterocycles. The summed E-state index contributed by atoms with van der Waals surface area (Å²) in [6.45, 7) is 0. The average molecular weight is 352 g/mol. The van der Waals surface area contributed by atoms with Gasteiger partial charge in [-0.2, -0.15) is 0 Å². The number of hydrogen-bond donors (Lipinski definition) is 1. The van der Waals surface area contributed by atoms with Gasteiger partial charge in [0, 0.05) is 10.5 Å². The maximum atomic E-state index is 12.1. The van der Waals surface area contributed by atoms with Crippen molar-refractivity contribution in [3.8, 4) is 0 Å². The number of halogens is 1. The van der Waals surface area contributed by atoms with Crippen molar-refractivity contribution in [2.24, 2.45) is 0 Å². The summed E-state index contributed by atoms with van der Waals surface area (Å²) in [4.78, 5) is 12.1. The van der Waals surface area contributed by atoms with Crippen molar-refractivity contribution in [2.75, 3.05) is 5.32 Å². The van der Waals surface area contributed by atoms with E-state index < -0.39 is 0 Å². The number of para-hydroxylation sites is 1. The fourth-order valence-electron chi connectivity index (χ4n) is 2.30. The van der Waals surface area contributed by atoms with E-state index in [-0.39, 0.29) is 5.91 Å². The van der Waals surface area contributed by atoms with Crippen LogP contribution in [0.1, 0.15) is 5.56 Å². The van der Waals surface area contributed by atoms with Gasteiger partial charge in [-0.3, -0.25) is 4.79 Å². The Morgan fingerprint density at radius 2 is 1.64 bits per heavy atom. The van der Waals surface area contributed by atoms with Crippen LogP contribution in [0.2, 0.25) is 0 Å². The summed E-state index contributed by atoms with van der Waals surface area (Å²) in [6.07, 6.45) is 3.40. The summed E-state index contributed by atoms with van der Waals surface area (Å²) in [5.41, 5.74) is 1.79. The van der Waals surface area contributed by atoms with Crippen LogP contribution in [0.3, 0.4) is 0 Å². The van der Waals surface area contributed by atoms with Crippen LogP contribution in [-0.4, -0.2) is 5.91 Å². The predicted octanol–water partition coefficient (Wildman–Crippen LogP) is 5.25. The van der Waals surface area contributed by atoms with Gasteiger partial charge in [0.05, 0.1) is 5.69 Å². The smallest absolute Gasteiger partial charge is 0.248 e. The first kappa shape index (κ1) is 14.5. The first-order valence-corrected chi connectivity index (χ1v) is 7.75. The fourth-order valence-corrected chi connectivity index (χ4v) is 2.68. The molecule has 3 aromatic carbocycles. The third-order valence-corrected chi connectivity index (χ3v) is 4.06. The minimum absolute atomic E-state index is 0.153. The van der Waals surface area contributed by atoms with Crippen molar-refractivity contribution >= 4 is 44.4 Å². The fraction of sp³-hybridized carbons (Fsp3) is 0. The van der Waals surface area contributed by atoms with Crippen LogP contribution in [0, 0.1) is 0 Å². The molecule has 0 saturated heterocycles. The van der Waals surface area contributed by atoms with Gasteiger partial charge in [0.15, 0.2) is 0 Å². The molecule has 0 saturated carbocycles. The van der Waals surface area contributed by atoms with E-state index in [9.17, 15) is 4.79 Å². The Bertz CT molecular complexity index is 849. The third kappa shape index (κ3) is 3.26. The molecular formula is C19H14BrNO. The number of amides is 1. The van der Waals surface area contributed by atoms with Gasteiger partial charge in [0.2, 0.25) is 5.91 Å². The van der Waals surface area contributed by atoms with Gasteiger partial charge in [0.25, 0.3) is 0 Å². The molecule has 0 aromatic heterocycles. The summed E-state index contributed by atoms with van der Waals surface area (Å²) >= 11 is 3.41. The van der Waals surface area contributed by atoms with Gasteiger partial charge < -0.3 is 5.32 Å². The Morgan fingerprint density at radius 3 is 2.50 bits per heavy atom. The van der Waals surface area contributed by atoms with Crippen LogP contribution in [-0.2, 0) is 4.79 Å². The van der Waals surface area contributed by atoms with Crippen molar-refractivity contribution in [3.63, 3.8) is 0 Å². The van der Waals surface area contributed by atoms with Gasteiger partial charge in [-0.05, 0) is 50.5 Å². The quantitative estimate of drug-likeness (QED) is 0.641. The second-order valence-electron chi connectivity index (χ2n) is 4.87. The van der Waals surface area contributed by atoms with Crippen LogP contribution in [0.4, 0.5) is 5.69 Å². The van der Waals surface area contributed by atoms with Crippen molar-refractivity contribution in [3.05, 3.63) is 82.8 Å². The minimum atomic E-state index is -0.153. The van der Waals surface area contributed by atoms with Gasteiger partial charge in [0.1, 0.15) is 0 Å². The zero-order valence-electron chi connectivity index (χ0n) is 11.8. The standard InChI is InChI=1S/C19H14BrNO/c20-17-10-3-4-11-18(17)21-19(22)13-12-15-8-5-7-14-6-1-2-9-16(14)15/h1-13H,(H,21,22). The van der Waals surface area contributed by atoms with E-state index in [4.69, 9.17) is 0 Å². The molecule has 0 aliphatic rings. The third-order valence-electron chi connectivity index (χ3n) is 3.37. The van der Waals surface area contributed by atoms with Crippen LogP contribution in [0.25, 0.3) is 16.8 Å². The van der Waals surface area contributed by atoms with Crippen LogP contribution in [0.5, 0.6) is 0 Å². The molecule has 2 nitrogen and oxygen atoms in total. The second kappa shape index (κ2) is 6.58. The SMILES string of the molecule is O=C(C=Cc1cccc2ccccc12)Nc1ccccc1Br.